The highest BCUT2D eigenvalue weighted by molar-refractivity contribution is 6.30. The van der Waals surface area contributed by atoms with Gasteiger partial charge in [0.05, 0.1) is 17.8 Å². The van der Waals surface area contributed by atoms with Crippen LogP contribution in [0.2, 0.25) is 5.02 Å². The molecule has 1 aliphatic rings. The number of benzene rings is 2. The molecule has 5 nitrogen and oxygen atoms in total. The van der Waals surface area contributed by atoms with Gasteiger partial charge in [0, 0.05) is 17.6 Å². The average Bonchev–Trinajstić information content (AvgIpc) is 3.17. The zero-order valence-corrected chi connectivity index (χ0v) is 16.8. The lowest BCUT2D eigenvalue weighted by Gasteiger charge is -2.18. The van der Waals surface area contributed by atoms with Crippen LogP contribution in [0.5, 0.6) is 0 Å². The van der Waals surface area contributed by atoms with E-state index in [1.165, 1.54) is 0 Å². The second-order valence-electron chi connectivity index (χ2n) is 7.35. The molecule has 2 N–H and O–H groups in total. The molecule has 0 heterocycles. The van der Waals surface area contributed by atoms with Crippen LogP contribution < -0.4 is 10.6 Å². The Kier molecular flexibility index (Phi) is 7.06. The van der Waals surface area contributed by atoms with Gasteiger partial charge < -0.3 is 10.6 Å². The second kappa shape index (κ2) is 9.71. The Hall–Kier alpha value is -2.37. The summed E-state index contributed by atoms with van der Waals surface area (Å²) in [4.78, 5) is 27.0. The number of anilines is 1. The van der Waals surface area contributed by atoms with E-state index < -0.39 is 0 Å². The van der Waals surface area contributed by atoms with Crippen molar-refractivity contribution in [3.05, 3.63) is 64.7 Å². The maximum Gasteiger partial charge on any atom is 0.253 e. The third kappa shape index (κ3) is 5.81. The van der Waals surface area contributed by atoms with Gasteiger partial charge >= 0.3 is 0 Å². The molecule has 0 radical (unpaired) electrons. The van der Waals surface area contributed by atoms with Crippen molar-refractivity contribution in [2.24, 2.45) is 0 Å². The van der Waals surface area contributed by atoms with Gasteiger partial charge in [-0.1, -0.05) is 48.7 Å². The van der Waals surface area contributed by atoms with Gasteiger partial charge in [-0.05, 0) is 49.7 Å². The average molecular weight is 400 g/mol. The molecule has 2 amide bonds. The van der Waals surface area contributed by atoms with Gasteiger partial charge in [0.15, 0.2) is 0 Å². The Balaban J connectivity index is 1.57. The molecule has 3 rings (SSSR count). The highest BCUT2D eigenvalue weighted by Gasteiger charge is 2.20. The number of carbonyl (C=O) groups excluding carboxylic acids is 2. The minimum Gasteiger partial charge on any atom is -0.349 e. The van der Waals surface area contributed by atoms with E-state index in [4.69, 9.17) is 11.6 Å². The molecular weight excluding hydrogens is 374 g/mol. The number of halogens is 1. The molecule has 0 aromatic heterocycles. The van der Waals surface area contributed by atoms with E-state index in [-0.39, 0.29) is 24.4 Å². The van der Waals surface area contributed by atoms with Crippen molar-refractivity contribution in [1.82, 2.24) is 10.2 Å². The molecule has 0 spiro atoms. The fraction of sp³-hybridized carbons (Fsp3) is 0.364. The van der Waals surface area contributed by atoms with Crippen molar-refractivity contribution in [2.75, 3.05) is 18.9 Å². The molecule has 0 unspecified atom stereocenters. The molecule has 28 heavy (non-hydrogen) atoms. The van der Waals surface area contributed by atoms with E-state index in [0.29, 0.717) is 22.8 Å². The van der Waals surface area contributed by atoms with Crippen LogP contribution in [0, 0.1) is 0 Å². The first-order valence-corrected chi connectivity index (χ1v) is 10.0. The zero-order valence-electron chi connectivity index (χ0n) is 16.1. The summed E-state index contributed by atoms with van der Waals surface area (Å²) < 4.78 is 0. The quantitative estimate of drug-likeness (QED) is 0.737. The number of nitrogens with one attached hydrogen (secondary N) is 2. The van der Waals surface area contributed by atoms with E-state index in [1.54, 1.807) is 12.1 Å². The SMILES string of the molecule is CN(CC(=O)Nc1ccccc1C(=O)NC1CCCC1)Cc1ccc(Cl)cc1. The van der Waals surface area contributed by atoms with E-state index >= 15 is 0 Å². The first kappa shape index (κ1) is 20.4. The molecule has 1 aliphatic carbocycles. The van der Waals surface area contributed by atoms with E-state index in [1.807, 2.05) is 48.3 Å². The Labute approximate surface area is 171 Å². The number of nitrogens with zero attached hydrogens (tertiary/aromatic N) is 1. The molecule has 0 aliphatic heterocycles. The molecule has 1 fully saturated rings. The number of rotatable bonds is 7. The van der Waals surface area contributed by atoms with Gasteiger partial charge in [0.25, 0.3) is 5.91 Å². The van der Waals surface area contributed by atoms with Crippen molar-refractivity contribution in [3.8, 4) is 0 Å². The Bertz CT molecular complexity index is 817. The second-order valence-corrected chi connectivity index (χ2v) is 7.78. The minimum atomic E-state index is -0.155. The molecule has 0 saturated heterocycles. The minimum absolute atomic E-state index is 0.127. The van der Waals surface area contributed by atoms with E-state index in [9.17, 15) is 9.59 Å². The van der Waals surface area contributed by atoms with E-state index in [2.05, 4.69) is 10.6 Å². The summed E-state index contributed by atoms with van der Waals surface area (Å²) in [5.41, 5.74) is 2.13. The molecule has 2 aromatic rings. The van der Waals surface area contributed by atoms with Gasteiger partial charge in [-0.15, -0.1) is 0 Å². The Morgan fingerprint density at radius 2 is 1.75 bits per heavy atom. The number of hydrogen-bond acceptors (Lipinski definition) is 3. The Morgan fingerprint density at radius 1 is 1.07 bits per heavy atom. The summed E-state index contributed by atoms with van der Waals surface area (Å²) in [6.07, 6.45) is 4.36. The topological polar surface area (TPSA) is 61.4 Å². The highest BCUT2D eigenvalue weighted by atomic mass is 35.5. The van der Waals surface area contributed by atoms with Gasteiger partial charge in [0.2, 0.25) is 5.91 Å². The fourth-order valence-electron chi connectivity index (χ4n) is 3.52. The summed E-state index contributed by atoms with van der Waals surface area (Å²) in [5, 5.41) is 6.65. The standard InChI is InChI=1S/C22H26ClN3O2/c1-26(14-16-10-12-17(23)13-11-16)15-21(27)25-20-9-5-4-8-19(20)22(28)24-18-6-2-3-7-18/h4-5,8-13,18H,2-3,6-7,14-15H2,1H3,(H,24,28)(H,25,27). The molecule has 0 atom stereocenters. The van der Waals surface area contributed by atoms with Crippen LogP contribution in [0.4, 0.5) is 5.69 Å². The number of carbonyl (C=O) groups is 2. The predicted molar refractivity (Wildman–Crippen MR) is 113 cm³/mol. The van der Waals surface area contributed by atoms with Crippen LogP contribution in [-0.2, 0) is 11.3 Å². The van der Waals surface area contributed by atoms with Gasteiger partial charge in [0.1, 0.15) is 0 Å². The van der Waals surface area contributed by atoms with Crippen LogP contribution in [0.25, 0.3) is 0 Å². The predicted octanol–water partition coefficient (Wildman–Crippen LogP) is 4.08. The molecule has 1 saturated carbocycles. The first-order valence-electron chi connectivity index (χ1n) is 9.64. The summed E-state index contributed by atoms with van der Waals surface area (Å²) >= 11 is 5.91. The zero-order chi connectivity index (χ0) is 19.9. The van der Waals surface area contributed by atoms with Gasteiger partial charge in [-0.2, -0.15) is 0 Å². The largest absolute Gasteiger partial charge is 0.349 e. The van der Waals surface area contributed by atoms with Gasteiger partial charge in [-0.3, -0.25) is 14.5 Å². The fourth-order valence-corrected chi connectivity index (χ4v) is 3.64. The summed E-state index contributed by atoms with van der Waals surface area (Å²) in [6, 6.07) is 14.9. The van der Waals surface area contributed by atoms with Crippen molar-refractivity contribution in [1.29, 1.82) is 0 Å². The van der Waals surface area contributed by atoms with Crippen LogP contribution in [0.3, 0.4) is 0 Å². The lowest BCUT2D eigenvalue weighted by molar-refractivity contribution is -0.117. The van der Waals surface area contributed by atoms with Crippen molar-refractivity contribution >= 4 is 29.1 Å². The van der Waals surface area contributed by atoms with Gasteiger partial charge in [-0.25, -0.2) is 0 Å². The van der Waals surface area contributed by atoms with E-state index in [0.717, 1.165) is 31.2 Å². The number of amides is 2. The van der Waals surface area contributed by atoms with Crippen molar-refractivity contribution in [2.45, 2.75) is 38.3 Å². The van der Waals surface area contributed by atoms with Crippen LogP contribution in [0.15, 0.2) is 48.5 Å². The Morgan fingerprint density at radius 3 is 2.46 bits per heavy atom. The third-order valence-electron chi connectivity index (χ3n) is 4.92. The maximum atomic E-state index is 12.6. The third-order valence-corrected chi connectivity index (χ3v) is 5.17. The van der Waals surface area contributed by atoms with Crippen LogP contribution in [-0.4, -0.2) is 36.3 Å². The van der Waals surface area contributed by atoms with Crippen LogP contribution in [0.1, 0.15) is 41.6 Å². The molecular formula is C22H26ClN3O2. The van der Waals surface area contributed by atoms with Crippen molar-refractivity contribution < 1.29 is 9.59 Å². The molecule has 0 bridgehead atoms. The normalized spacial score (nSPS) is 14.2. The van der Waals surface area contributed by atoms with Crippen LogP contribution >= 0.6 is 11.6 Å². The molecule has 2 aromatic carbocycles. The lowest BCUT2D eigenvalue weighted by atomic mass is 10.1. The smallest absolute Gasteiger partial charge is 0.253 e. The molecule has 148 valence electrons. The monoisotopic (exact) mass is 399 g/mol. The summed E-state index contributed by atoms with van der Waals surface area (Å²) in [6.45, 7) is 0.857. The highest BCUT2D eigenvalue weighted by Crippen LogP contribution is 2.20. The molecule has 6 heteroatoms. The first-order chi connectivity index (χ1) is 13.5. The number of likely N-dealkylation sites (N-methyl/N-ethyl adjacent to an activating group) is 1. The number of hydrogen-bond donors (Lipinski definition) is 2. The summed E-state index contributed by atoms with van der Waals surface area (Å²) in [7, 11) is 1.88. The number of para-hydroxylation sites is 1. The van der Waals surface area contributed by atoms with Crippen molar-refractivity contribution in [3.63, 3.8) is 0 Å². The lowest BCUT2D eigenvalue weighted by Crippen LogP contribution is -2.34. The maximum absolute atomic E-state index is 12.6. The summed E-state index contributed by atoms with van der Waals surface area (Å²) in [5.74, 6) is -0.283.